The lowest BCUT2D eigenvalue weighted by atomic mass is 9.98. The van der Waals surface area contributed by atoms with E-state index in [1.54, 1.807) is 19.5 Å². The van der Waals surface area contributed by atoms with Crippen molar-refractivity contribution in [3.63, 3.8) is 0 Å². The van der Waals surface area contributed by atoms with Crippen LogP contribution in [0.1, 0.15) is 25.8 Å². The highest BCUT2D eigenvalue weighted by molar-refractivity contribution is 6.10. The van der Waals surface area contributed by atoms with Crippen molar-refractivity contribution < 1.29 is 0 Å². The van der Waals surface area contributed by atoms with Gasteiger partial charge in [-0.2, -0.15) is 0 Å². The van der Waals surface area contributed by atoms with E-state index in [-0.39, 0.29) is 0 Å². The fourth-order valence-electron chi connectivity index (χ4n) is 2.70. The number of rotatable bonds is 6. The maximum Gasteiger partial charge on any atom is 0.0729 e. The second-order valence-electron chi connectivity index (χ2n) is 6.31. The Labute approximate surface area is 159 Å². The Morgan fingerprint density at radius 1 is 1.37 bits per heavy atom. The van der Waals surface area contributed by atoms with Gasteiger partial charge in [-0.1, -0.05) is 13.8 Å². The van der Waals surface area contributed by atoms with Gasteiger partial charge in [0.15, 0.2) is 0 Å². The highest BCUT2D eigenvalue weighted by Gasteiger charge is 2.08. The standard InChI is InChI=1S/C20H24N7/c1-4-13(2)14-8-20(27-24-12-14)26-19-6-5-17-18(25-19)7-15(11-23-17)16(9-21)10-22-3/h5-13,24,27H,4,21H2,1-3H3/q-1. The summed E-state index contributed by atoms with van der Waals surface area (Å²) < 4.78 is 0. The van der Waals surface area contributed by atoms with Gasteiger partial charge in [-0.3, -0.25) is 9.98 Å². The van der Waals surface area contributed by atoms with E-state index in [1.807, 2.05) is 30.5 Å². The number of aromatic nitrogens is 2. The third kappa shape index (κ3) is 4.25. The monoisotopic (exact) mass is 362 g/mol. The zero-order valence-electron chi connectivity index (χ0n) is 15.8. The number of hydrogen-bond acceptors (Lipinski definition) is 6. The smallest absolute Gasteiger partial charge is 0.0729 e. The number of hydrogen-bond donors (Lipinski definition) is 3. The van der Waals surface area contributed by atoms with Gasteiger partial charge < -0.3 is 26.9 Å². The molecule has 140 valence electrons. The molecule has 7 nitrogen and oxygen atoms in total. The molecule has 0 bridgehead atoms. The summed E-state index contributed by atoms with van der Waals surface area (Å²) >= 11 is 0. The fraction of sp³-hybridized carbons (Fsp3) is 0.250. The van der Waals surface area contributed by atoms with Crippen LogP contribution in [-0.4, -0.2) is 23.2 Å². The lowest BCUT2D eigenvalue weighted by Gasteiger charge is -2.26. The Bertz CT molecular complexity index is 940. The van der Waals surface area contributed by atoms with E-state index in [2.05, 4.69) is 45.0 Å². The highest BCUT2D eigenvalue weighted by atomic mass is 15.4. The Kier molecular flexibility index (Phi) is 5.71. The summed E-state index contributed by atoms with van der Waals surface area (Å²) in [5.74, 6) is 1.79. The van der Waals surface area contributed by atoms with Crippen LogP contribution in [0.5, 0.6) is 0 Å². The first-order valence-corrected chi connectivity index (χ1v) is 8.91. The van der Waals surface area contributed by atoms with Gasteiger partial charge in [-0.25, -0.2) is 0 Å². The molecule has 0 fully saturated rings. The van der Waals surface area contributed by atoms with Crippen molar-refractivity contribution >= 4 is 28.6 Å². The van der Waals surface area contributed by atoms with Crippen molar-refractivity contribution in [1.82, 2.24) is 20.8 Å². The molecule has 0 amide bonds. The summed E-state index contributed by atoms with van der Waals surface area (Å²) in [6, 6.07) is 5.70. The van der Waals surface area contributed by atoms with E-state index in [4.69, 9.17) is 5.73 Å². The molecule has 0 saturated heterocycles. The lowest BCUT2D eigenvalue weighted by Crippen LogP contribution is -2.29. The third-order valence-corrected chi connectivity index (χ3v) is 4.46. The summed E-state index contributed by atoms with van der Waals surface area (Å²) in [5.41, 5.74) is 16.2. The average Bonchev–Trinajstić information content (AvgIpc) is 2.71. The van der Waals surface area contributed by atoms with Crippen LogP contribution in [0.4, 0.5) is 5.82 Å². The summed E-state index contributed by atoms with van der Waals surface area (Å²) in [5, 5.41) is 4.61. The van der Waals surface area contributed by atoms with Gasteiger partial charge in [0.2, 0.25) is 0 Å². The topological polar surface area (TPSA) is 102 Å². The zero-order chi connectivity index (χ0) is 19.2. The van der Waals surface area contributed by atoms with Crippen molar-refractivity contribution in [3.8, 4) is 0 Å². The van der Waals surface area contributed by atoms with E-state index < -0.39 is 0 Å². The molecule has 3 heterocycles. The fourth-order valence-corrected chi connectivity index (χ4v) is 2.70. The van der Waals surface area contributed by atoms with Gasteiger partial charge >= 0.3 is 0 Å². The van der Waals surface area contributed by atoms with Crippen LogP contribution in [0.25, 0.3) is 21.9 Å². The number of pyridine rings is 2. The van der Waals surface area contributed by atoms with E-state index in [0.29, 0.717) is 11.7 Å². The van der Waals surface area contributed by atoms with Gasteiger partial charge in [0.1, 0.15) is 0 Å². The predicted octanol–water partition coefficient (Wildman–Crippen LogP) is 3.51. The molecule has 27 heavy (non-hydrogen) atoms. The molecule has 0 aromatic carbocycles. The largest absolute Gasteiger partial charge is 0.404 e. The number of nitrogens with one attached hydrogen (secondary N) is 2. The predicted molar refractivity (Wildman–Crippen MR) is 111 cm³/mol. The highest BCUT2D eigenvalue weighted by Crippen LogP contribution is 2.27. The summed E-state index contributed by atoms with van der Waals surface area (Å²) in [4.78, 5) is 13.1. The molecule has 1 aliphatic heterocycles. The van der Waals surface area contributed by atoms with Gasteiger partial charge in [-0.05, 0) is 42.2 Å². The summed E-state index contributed by atoms with van der Waals surface area (Å²) in [6.07, 6.45) is 10.0. The van der Waals surface area contributed by atoms with Crippen LogP contribution in [0.3, 0.4) is 0 Å². The van der Waals surface area contributed by atoms with Crippen LogP contribution in [0.2, 0.25) is 0 Å². The van der Waals surface area contributed by atoms with Gasteiger partial charge in [-0.15, -0.1) is 0 Å². The van der Waals surface area contributed by atoms with Crippen molar-refractivity contribution in [1.29, 1.82) is 0 Å². The molecule has 0 aliphatic carbocycles. The van der Waals surface area contributed by atoms with Gasteiger partial charge in [0, 0.05) is 60.2 Å². The second kappa shape index (κ2) is 8.35. The molecular formula is C20H24N7-. The molecule has 0 saturated carbocycles. The summed E-state index contributed by atoms with van der Waals surface area (Å²) in [7, 11) is 1.70. The quantitative estimate of drug-likeness (QED) is 0.682. The molecule has 0 radical (unpaired) electrons. The maximum absolute atomic E-state index is 5.69. The van der Waals surface area contributed by atoms with Crippen LogP contribution in [-0.2, 0) is 0 Å². The van der Waals surface area contributed by atoms with E-state index in [0.717, 1.165) is 34.4 Å². The Balaban J connectivity index is 1.88. The Morgan fingerprint density at radius 3 is 2.96 bits per heavy atom. The van der Waals surface area contributed by atoms with Crippen molar-refractivity contribution in [2.24, 2.45) is 16.6 Å². The third-order valence-electron chi connectivity index (χ3n) is 4.46. The molecule has 2 aromatic heterocycles. The molecule has 1 aliphatic rings. The normalized spacial score (nSPS) is 15.7. The number of nitrogens with two attached hydrogens (primary N) is 1. The first kappa shape index (κ1) is 18.4. The van der Waals surface area contributed by atoms with E-state index in [1.165, 1.54) is 11.8 Å². The second-order valence-corrected chi connectivity index (χ2v) is 6.31. The first-order chi connectivity index (χ1) is 13.1. The number of allylic oxidation sites excluding steroid dienone is 3. The Hall–Kier alpha value is -3.35. The Morgan fingerprint density at radius 2 is 2.22 bits per heavy atom. The van der Waals surface area contributed by atoms with Gasteiger partial charge in [0.25, 0.3) is 0 Å². The van der Waals surface area contributed by atoms with Crippen LogP contribution >= 0.6 is 0 Å². The van der Waals surface area contributed by atoms with Crippen LogP contribution in [0.15, 0.2) is 59.3 Å². The number of nitrogens with zero attached hydrogens (tertiary/aromatic N) is 4. The minimum atomic E-state index is 0.461. The van der Waals surface area contributed by atoms with Crippen molar-refractivity contribution in [3.05, 3.63) is 65.1 Å². The molecule has 0 spiro atoms. The molecule has 4 N–H and O–H groups in total. The van der Waals surface area contributed by atoms with E-state index >= 15 is 0 Å². The van der Waals surface area contributed by atoms with Crippen LogP contribution < -0.4 is 16.6 Å². The number of aliphatic imine (C=N–C) groups is 1. The molecule has 7 heteroatoms. The average molecular weight is 362 g/mol. The molecule has 1 unspecified atom stereocenters. The summed E-state index contributed by atoms with van der Waals surface area (Å²) in [6.45, 7) is 4.36. The minimum absolute atomic E-state index is 0.461. The van der Waals surface area contributed by atoms with Crippen LogP contribution in [0, 0.1) is 5.92 Å². The van der Waals surface area contributed by atoms with Gasteiger partial charge in [0.05, 0.1) is 5.52 Å². The van der Waals surface area contributed by atoms with E-state index in [9.17, 15) is 0 Å². The van der Waals surface area contributed by atoms with Crippen molar-refractivity contribution in [2.45, 2.75) is 20.3 Å². The first-order valence-electron chi connectivity index (χ1n) is 8.91. The molecule has 3 rings (SSSR count). The van der Waals surface area contributed by atoms with Crippen molar-refractivity contribution in [2.75, 3.05) is 7.05 Å². The zero-order valence-corrected chi connectivity index (χ0v) is 15.8. The number of hydrazine groups is 1. The number of fused-ring (bicyclic) bond motifs is 1. The molecular weight excluding hydrogens is 338 g/mol. The molecule has 2 aromatic rings. The molecule has 1 atom stereocenters. The minimum Gasteiger partial charge on any atom is -0.404 e. The maximum atomic E-state index is 5.69. The SMILES string of the molecule is CCC(C)C1=CNNC([N-]c2ccc3ncc(C(C=NC)=CN)cc3n2)=C1. The lowest BCUT2D eigenvalue weighted by molar-refractivity contribution is 0.632.